The van der Waals surface area contributed by atoms with Crippen molar-refractivity contribution in [3.63, 3.8) is 0 Å². The van der Waals surface area contributed by atoms with E-state index in [4.69, 9.17) is 0 Å². The van der Waals surface area contributed by atoms with Gasteiger partial charge < -0.3 is 0 Å². The Hall–Kier alpha value is -2.21. The van der Waals surface area contributed by atoms with E-state index >= 15 is 0 Å². The molecular formula is C17H14BrFN2O2. The molecule has 0 aromatic heterocycles. The van der Waals surface area contributed by atoms with Crippen LogP contribution in [-0.2, 0) is 10.2 Å². The Balaban J connectivity index is 1.65. The van der Waals surface area contributed by atoms with E-state index < -0.39 is 17.1 Å². The highest BCUT2D eigenvalue weighted by Gasteiger charge is 2.51. The van der Waals surface area contributed by atoms with Crippen LogP contribution >= 0.6 is 15.9 Å². The van der Waals surface area contributed by atoms with Gasteiger partial charge in [-0.05, 0) is 54.8 Å². The first-order valence-electron chi connectivity index (χ1n) is 7.14. The number of amides is 2. The van der Waals surface area contributed by atoms with Crippen LogP contribution in [-0.4, -0.2) is 11.8 Å². The minimum atomic E-state index is -0.583. The van der Waals surface area contributed by atoms with Gasteiger partial charge in [0.15, 0.2) is 0 Å². The number of hydrogen-bond acceptors (Lipinski definition) is 2. The zero-order chi connectivity index (χ0) is 16.4. The van der Waals surface area contributed by atoms with E-state index in [2.05, 4.69) is 26.8 Å². The van der Waals surface area contributed by atoms with Crippen molar-refractivity contribution in [1.82, 2.24) is 10.9 Å². The molecule has 0 atom stereocenters. The second kappa shape index (κ2) is 6.12. The van der Waals surface area contributed by atoms with Crippen LogP contribution in [0.1, 0.15) is 28.8 Å². The highest BCUT2D eigenvalue weighted by molar-refractivity contribution is 9.10. The Morgan fingerprint density at radius 2 is 1.74 bits per heavy atom. The fourth-order valence-corrected chi connectivity index (χ4v) is 2.86. The SMILES string of the molecule is O=C(NNC(=O)C1(c2cccc(Br)c2)CC1)c1ccc(F)cc1. The molecule has 0 bridgehead atoms. The molecule has 2 aromatic carbocycles. The molecule has 2 aromatic rings. The average molecular weight is 377 g/mol. The molecule has 0 saturated heterocycles. The van der Waals surface area contributed by atoms with Crippen molar-refractivity contribution in [1.29, 1.82) is 0 Å². The maximum atomic E-state index is 12.8. The molecule has 3 rings (SSSR count). The van der Waals surface area contributed by atoms with Gasteiger partial charge in [0.25, 0.3) is 5.91 Å². The van der Waals surface area contributed by atoms with Crippen molar-refractivity contribution in [2.75, 3.05) is 0 Å². The molecular weight excluding hydrogens is 363 g/mol. The van der Waals surface area contributed by atoms with Crippen molar-refractivity contribution in [3.05, 3.63) is 69.9 Å². The van der Waals surface area contributed by atoms with Crippen LogP contribution in [0.3, 0.4) is 0 Å². The van der Waals surface area contributed by atoms with Gasteiger partial charge in [-0.3, -0.25) is 20.4 Å². The summed E-state index contributed by atoms with van der Waals surface area (Å²) in [4.78, 5) is 24.4. The second-order valence-corrected chi connectivity index (χ2v) is 6.42. The molecule has 6 heteroatoms. The molecule has 2 N–H and O–H groups in total. The minimum Gasteiger partial charge on any atom is -0.272 e. The van der Waals surface area contributed by atoms with Gasteiger partial charge in [-0.1, -0.05) is 28.1 Å². The van der Waals surface area contributed by atoms with Crippen LogP contribution in [0.25, 0.3) is 0 Å². The highest BCUT2D eigenvalue weighted by Crippen LogP contribution is 2.48. The van der Waals surface area contributed by atoms with Gasteiger partial charge in [-0.25, -0.2) is 4.39 Å². The fraction of sp³-hybridized carbons (Fsp3) is 0.176. The summed E-state index contributed by atoms with van der Waals surface area (Å²) in [5.41, 5.74) is 5.46. The van der Waals surface area contributed by atoms with E-state index in [0.717, 1.165) is 22.9 Å². The zero-order valence-corrected chi connectivity index (χ0v) is 13.7. The number of halogens is 2. The van der Waals surface area contributed by atoms with Crippen LogP contribution in [0.15, 0.2) is 53.0 Å². The lowest BCUT2D eigenvalue weighted by molar-refractivity contribution is -0.124. The van der Waals surface area contributed by atoms with Crippen LogP contribution in [0.4, 0.5) is 4.39 Å². The van der Waals surface area contributed by atoms with E-state index in [9.17, 15) is 14.0 Å². The lowest BCUT2D eigenvalue weighted by atomic mass is 9.95. The van der Waals surface area contributed by atoms with Gasteiger partial charge in [0, 0.05) is 10.0 Å². The normalized spacial score (nSPS) is 14.9. The number of rotatable bonds is 3. The Bertz CT molecular complexity index is 757. The van der Waals surface area contributed by atoms with E-state index in [-0.39, 0.29) is 11.5 Å². The molecule has 1 aliphatic rings. The average Bonchev–Trinajstić information content (AvgIpc) is 3.35. The quantitative estimate of drug-likeness (QED) is 0.808. The smallest absolute Gasteiger partial charge is 0.269 e. The summed E-state index contributed by atoms with van der Waals surface area (Å²) in [6, 6.07) is 12.7. The summed E-state index contributed by atoms with van der Waals surface area (Å²) < 4.78 is 13.8. The Morgan fingerprint density at radius 3 is 2.35 bits per heavy atom. The highest BCUT2D eigenvalue weighted by atomic mass is 79.9. The Labute approximate surface area is 141 Å². The van der Waals surface area contributed by atoms with Crippen molar-refractivity contribution in [3.8, 4) is 0 Å². The first-order valence-corrected chi connectivity index (χ1v) is 7.93. The summed E-state index contributed by atoms with van der Waals surface area (Å²) in [5, 5.41) is 0. The minimum absolute atomic E-state index is 0.244. The van der Waals surface area contributed by atoms with Crippen molar-refractivity contribution < 1.29 is 14.0 Å². The van der Waals surface area contributed by atoms with Gasteiger partial charge in [-0.15, -0.1) is 0 Å². The molecule has 0 heterocycles. The predicted molar refractivity (Wildman–Crippen MR) is 87.1 cm³/mol. The number of carbonyl (C=O) groups excluding carboxylic acids is 2. The van der Waals surface area contributed by atoms with Gasteiger partial charge >= 0.3 is 0 Å². The van der Waals surface area contributed by atoms with Gasteiger partial charge in [0.2, 0.25) is 5.91 Å². The summed E-state index contributed by atoms with van der Waals surface area (Å²) in [6.45, 7) is 0. The van der Waals surface area contributed by atoms with Crippen molar-refractivity contribution in [2.24, 2.45) is 0 Å². The summed E-state index contributed by atoms with van der Waals surface area (Å²) in [5.74, 6) is -1.15. The van der Waals surface area contributed by atoms with Gasteiger partial charge in [0.1, 0.15) is 5.82 Å². The maximum Gasteiger partial charge on any atom is 0.269 e. The van der Waals surface area contributed by atoms with Crippen LogP contribution in [0.5, 0.6) is 0 Å². The van der Waals surface area contributed by atoms with E-state index in [1.807, 2.05) is 24.3 Å². The maximum absolute atomic E-state index is 12.8. The zero-order valence-electron chi connectivity index (χ0n) is 12.1. The van der Waals surface area contributed by atoms with Gasteiger partial charge in [0.05, 0.1) is 5.41 Å². The molecule has 0 unspecified atom stereocenters. The van der Waals surface area contributed by atoms with E-state index in [1.54, 1.807) is 0 Å². The van der Waals surface area contributed by atoms with Crippen LogP contribution in [0.2, 0.25) is 0 Å². The number of hydrogen-bond donors (Lipinski definition) is 2. The van der Waals surface area contributed by atoms with E-state index in [1.165, 1.54) is 24.3 Å². The molecule has 0 radical (unpaired) electrons. The molecule has 23 heavy (non-hydrogen) atoms. The number of carbonyl (C=O) groups is 2. The number of nitrogens with one attached hydrogen (secondary N) is 2. The topological polar surface area (TPSA) is 58.2 Å². The van der Waals surface area contributed by atoms with E-state index in [0.29, 0.717) is 0 Å². The molecule has 0 spiro atoms. The third-order valence-corrected chi connectivity index (χ3v) is 4.45. The van der Waals surface area contributed by atoms with Crippen LogP contribution < -0.4 is 10.9 Å². The molecule has 118 valence electrons. The largest absolute Gasteiger partial charge is 0.272 e. The monoisotopic (exact) mass is 376 g/mol. The summed E-state index contributed by atoms with van der Waals surface area (Å²) >= 11 is 3.40. The third kappa shape index (κ3) is 3.27. The molecule has 2 amide bonds. The Kier molecular flexibility index (Phi) is 4.17. The summed E-state index contributed by atoms with van der Waals surface area (Å²) in [6.07, 6.45) is 1.48. The molecule has 1 aliphatic carbocycles. The van der Waals surface area contributed by atoms with Crippen molar-refractivity contribution >= 4 is 27.7 Å². The Morgan fingerprint density at radius 1 is 1.04 bits per heavy atom. The molecule has 1 saturated carbocycles. The summed E-state index contributed by atoms with van der Waals surface area (Å²) in [7, 11) is 0. The number of hydrazine groups is 1. The molecule has 4 nitrogen and oxygen atoms in total. The van der Waals surface area contributed by atoms with Crippen molar-refractivity contribution in [2.45, 2.75) is 18.3 Å². The lowest BCUT2D eigenvalue weighted by Gasteiger charge is -2.16. The second-order valence-electron chi connectivity index (χ2n) is 5.51. The first kappa shape index (κ1) is 15.7. The lowest BCUT2D eigenvalue weighted by Crippen LogP contribution is -2.46. The number of benzene rings is 2. The molecule has 0 aliphatic heterocycles. The standard InChI is InChI=1S/C17H14BrFN2O2/c18-13-3-1-2-12(10-13)17(8-9-17)16(23)21-20-15(22)11-4-6-14(19)7-5-11/h1-7,10H,8-9H2,(H,20,22)(H,21,23). The first-order chi connectivity index (χ1) is 11.0. The van der Waals surface area contributed by atoms with Gasteiger partial charge in [-0.2, -0.15) is 0 Å². The van der Waals surface area contributed by atoms with Crippen LogP contribution in [0, 0.1) is 5.82 Å². The third-order valence-electron chi connectivity index (χ3n) is 3.96. The predicted octanol–water partition coefficient (Wildman–Crippen LogP) is 3.08. The molecule has 1 fully saturated rings. The fourth-order valence-electron chi connectivity index (χ4n) is 2.46.